The van der Waals surface area contributed by atoms with Crippen LogP contribution in [0.15, 0.2) is 0 Å². The van der Waals surface area contributed by atoms with Gasteiger partial charge in [0.15, 0.2) is 0 Å². The second kappa shape index (κ2) is 14.3. The normalized spacial score (nSPS) is 19.3. The molecule has 10 nitrogen and oxygen atoms in total. The first-order valence-electron chi connectivity index (χ1n) is 10.6. The van der Waals surface area contributed by atoms with Gasteiger partial charge in [-0.2, -0.15) is 8.42 Å². The Morgan fingerprint density at radius 2 is 1.43 bits per heavy atom. The van der Waals surface area contributed by atoms with Crippen LogP contribution in [0.25, 0.3) is 0 Å². The van der Waals surface area contributed by atoms with Gasteiger partial charge in [0.25, 0.3) is 12.1 Å². The van der Waals surface area contributed by atoms with E-state index >= 15 is 0 Å². The van der Waals surface area contributed by atoms with E-state index in [4.69, 9.17) is 9.29 Å². The standard InChI is InChI=1S/C19H34N2O8S/c1-2-3-4-5-6-7-8-9-10-11-12-13-16(22)29-19-18(24)20-15(17(23)21-19)14-28-30(25,26)27/h15,19H,2-14H2,1H3,(H,20,24)(H,21,23)(H,25,26,27)/t15-,19-/m0/s1. The smallest absolute Gasteiger partial charge is 0.397 e. The van der Waals surface area contributed by atoms with Crippen molar-refractivity contribution in [3.8, 4) is 0 Å². The van der Waals surface area contributed by atoms with Crippen molar-refractivity contribution in [3.05, 3.63) is 0 Å². The fourth-order valence-corrected chi connectivity index (χ4v) is 3.39. The van der Waals surface area contributed by atoms with E-state index in [1.54, 1.807) is 0 Å². The van der Waals surface area contributed by atoms with Crippen molar-refractivity contribution in [1.82, 2.24) is 10.6 Å². The minimum absolute atomic E-state index is 0.145. The molecule has 0 bridgehead atoms. The summed E-state index contributed by atoms with van der Waals surface area (Å²) in [5.41, 5.74) is 0. The molecular formula is C19H34N2O8S. The van der Waals surface area contributed by atoms with Gasteiger partial charge in [-0.05, 0) is 6.42 Å². The third-order valence-electron chi connectivity index (χ3n) is 4.76. The molecule has 30 heavy (non-hydrogen) atoms. The number of hydrogen-bond donors (Lipinski definition) is 3. The third-order valence-corrected chi connectivity index (χ3v) is 5.20. The average molecular weight is 451 g/mol. The molecule has 1 heterocycles. The molecule has 0 aromatic heterocycles. The molecule has 1 aliphatic heterocycles. The molecule has 0 aromatic carbocycles. The van der Waals surface area contributed by atoms with Crippen LogP contribution in [0.4, 0.5) is 0 Å². The molecule has 1 fully saturated rings. The van der Waals surface area contributed by atoms with Crippen molar-refractivity contribution in [2.45, 2.75) is 96.2 Å². The lowest BCUT2D eigenvalue weighted by Gasteiger charge is -2.28. The van der Waals surface area contributed by atoms with Crippen molar-refractivity contribution in [3.63, 3.8) is 0 Å². The highest BCUT2D eigenvalue weighted by atomic mass is 32.3. The van der Waals surface area contributed by atoms with Crippen LogP contribution in [0.3, 0.4) is 0 Å². The van der Waals surface area contributed by atoms with Gasteiger partial charge >= 0.3 is 16.4 Å². The molecule has 1 rings (SSSR count). The van der Waals surface area contributed by atoms with Gasteiger partial charge in [-0.3, -0.25) is 18.9 Å². The molecule has 3 N–H and O–H groups in total. The van der Waals surface area contributed by atoms with Crippen LogP contribution in [-0.2, 0) is 33.7 Å². The zero-order valence-corrected chi connectivity index (χ0v) is 18.4. The molecule has 0 saturated carbocycles. The van der Waals surface area contributed by atoms with Crippen molar-refractivity contribution in [2.24, 2.45) is 0 Å². The summed E-state index contributed by atoms with van der Waals surface area (Å²) in [4.78, 5) is 35.6. The van der Waals surface area contributed by atoms with Gasteiger partial charge in [0.1, 0.15) is 6.04 Å². The average Bonchev–Trinajstić information content (AvgIpc) is 2.67. The Morgan fingerprint density at radius 1 is 0.900 bits per heavy atom. The number of piperazine rings is 1. The van der Waals surface area contributed by atoms with Crippen molar-refractivity contribution >= 4 is 28.2 Å². The van der Waals surface area contributed by atoms with E-state index in [1.807, 2.05) is 0 Å². The summed E-state index contributed by atoms with van der Waals surface area (Å²) in [5.74, 6) is -2.18. The fraction of sp³-hybridized carbons (Fsp3) is 0.842. The minimum atomic E-state index is -4.74. The zero-order chi connectivity index (χ0) is 22.4. The summed E-state index contributed by atoms with van der Waals surface area (Å²) >= 11 is 0. The van der Waals surface area contributed by atoms with Gasteiger partial charge in [-0.1, -0.05) is 71.1 Å². The number of amides is 2. The highest BCUT2D eigenvalue weighted by Crippen LogP contribution is 2.12. The van der Waals surface area contributed by atoms with E-state index in [1.165, 1.54) is 44.9 Å². The maximum atomic E-state index is 11.9. The quantitative estimate of drug-likeness (QED) is 0.184. The molecule has 2 amide bonds. The van der Waals surface area contributed by atoms with Crippen LogP contribution in [0.5, 0.6) is 0 Å². The molecule has 11 heteroatoms. The van der Waals surface area contributed by atoms with Gasteiger partial charge in [0.05, 0.1) is 6.61 Å². The number of nitrogens with one attached hydrogen (secondary N) is 2. The minimum Gasteiger partial charge on any atom is -0.432 e. The predicted octanol–water partition coefficient (Wildman–Crippen LogP) is 1.99. The van der Waals surface area contributed by atoms with Crippen LogP contribution in [-0.4, -0.2) is 49.6 Å². The first-order chi connectivity index (χ1) is 14.2. The van der Waals surface area contributed by atoms with E-state index in [-0.39, 0.29) is 6.42 Å². The van der Waals surface area contributed by atoms with Crippen LogP contribution in [0, 0.1) is 0 Å². The summed E-state index contributed by atoms with van der Waals surface area (Å²) in [6.07, 6.45) is 11.3. The van der Waals surface area contributed by atoms with Gasteiger partial charge in [-0.25, -0.2) is 4.18 Å². The van der Waals surface area contributed by atoms with Crippen LogP contribution >= 0.6 is 0 Å². The number of ether oxygens (including phenoxy) is 1. The first-order valence-corrected chi connectivity index (χ1v) is 12.0. The maximum absolute atomic E-state index is 11.9. The van der Waals surface area contributed by atoms with Crippen LogP contribution in [0.2, 0.25) is 0 Å². The lowest BCUT2D eigenvalue weighted by atomic mass is 10.1. The highest BCUT2D eigenvalue weighted by Gasteiger charge is 2.36. The Labute approximate surface area is 178 Å². The first kappa shape index (κ1) is 26.3. The number of esters is 1. The van der Waals surface area contributed by atoms with Gasteiger partial charge in [0.2, 0.25) is 5.91 Å². The van der Waals surface area contributed by atoms with Crippen LogP contribution < -0.4 is 10.6 Å². The number of carbonyl (C=O) groups excluding carboxylic acids is 3. The molecule has 0 spiro atoms. The summed E-state index contributed by atoms with van der Waals surface area (Å²) in [6.45, 7) is 1.44. The van der Waals surface area contributed by atoms with Gasteiger partial charge < -0.3 is 15.4 Å². The monoisotopic (exact) mass is 450 g/mol. The predicted molar refractivity (Wildman–Crippen MR) is 109 cm³/mol. The molecular weight excluding hydrogens is 416 g/mol. The Bertz CT molecular complexity index is 653. The van der Waals surface area contributed by atoms with Crippen molar-refractivity contribution < 1.29 is 36.3 Å². The second-order valence-electron chi connectivity index (χ2n) is 7.44. The molecule has 0 aliphatic carbocycles. The molecule has 0 radical (unpaired) electrons. The lowest BCUT2D eigenvalue weighted by Crippen LogP contribution is -2.64. The lowest BCUT2D eigenvalue weighted by molar-refractivity contribution is -0.163. The summed E-state index contributed by atoms with van der Waals surface area (Å²) < 4.78 is 38.6. The number of carbonyl (C=O) groups is 3. The van der Waals surface area contributed by atoms with E-state index in [9.17, 15) is 22.8 Å². The zero-order valence-electron chi connectivity index (χ0n) is 17.6. The molecule has 174 valence electrons. The van der Waals surface area contributed by atoms with Gasteiger partial charge in [0, 0.05) is 6.42 Å². The Kier molecular flexibility index (Phi) is 12.6. The molecule has 0 unspecified atom stereocenters. The van der Waals surface area contributed by atoms with E-state index in [0.717, 1.165) is 19.3 Å². The van der Waals surface area contributed by atoms with E-state index < -0.39 is 47.1 Å². The largest absolute Gasteiger partial charge is 0.432 e. The van der Waals surface area contributed by atoms with Crippen LogP contribution in [0.1, 0.15) is 84.0 Å². The number of hydrogen-bond acceptors (Lipinski definition) is 7. The highest BCUT2D eigenvalue weighted by molar-refractivity contribution is 7.80. The topological polar surface area (TPSA) is 148 Å². The third kappa shape index (κ3) is 12.1. The summed E-state index contributed by atoms with van der Waals surface area (Å²) in [6, 6.07) is -1.32. The van der Waals surface area contributed by atoms with Gasteiger partial charge in [-0.15, -0.1) is 0 Å². The second-order valence-corrected chi connectivity index (χ2v) is 8.53. The van der Waals surface area contributed by atoms with Crippen molar-refractivity contribution in [1.29, 1.82) is 0 Å². The molecule has 1 aliphatic rings. The Morgan fingerprint density at radius 3 is 1.97 bits per heavy atom. The maximum Gasteiger partial charge on any atom is 0.397 e. The summed E-state index contributed by atoms with van der Waals surface area (Å²) in [5, 5.41) is 4.35. The molecule has 2 atom stereocenters. The van der Waals surface area contributed by atoms with E-state index in [2.05, 4.69) is 21.7 Å². The summed E-state index contributed by atoms with van der Waals surface area (Å²) in [7, 11) is -4.74. The number of rotatable bonds is 16. The molecule has 1 saturated heterocycles. The Hall–Kier alpha value is -1.72. The molecule has 0 aromatic rings. The van der Waals surface area contributed by atoms with E-state index in [0.29, 0.717) is 6.42 Å². The SMILES string of the molecule is CCCCCCCCCCCCCC(=O)O[C@@H]1NC(=O)[C@H](COS(=O)(=O)O)NC1=O. The number of unbranched alkanes of at least 4 members (excludes halogenated alkanes) is 10. The van der Waals surface area contributed by atoms with Crippen molar-refractivity contribution in [2.75, 3.05) is 6.61 Å². The fourth-order valence-electron chi connectivity index (χ4n) is 3.09. The Balaban J connectivity index is 2.12.